The van der Waals surface area contributed by atoms with Crippen LogP contribution < -0.4 is 19.5 Å². The molecule has 4 aromatic carbocycles. The van der Waals surface area contributed by atoms with Crippen LogP contribution in [0.4, 0.5) is 43.9 Å². The van der Waals surface area contributed by atoms with Crippen LogP contribution in [0.3, 0.4) is 0 Å². The van der Waals surface area contributed by atoms with Crippen molar-refractivity contribution >= 4 is 11.9 Å². The SMILES string of the molecule is COC(=O)c1cccc(COc2ccc(CC(NC(=O)c3ccc(F)c(C(F)(F)F)c3)(c3cccc(OC(F)(F)F)c3)c3cccc(OC(F)(F)F)c3)cc2)n1. The molecule has 0 spiro atoms. The molecule has 0 radical (unpaired) electrons. The summed E-state index contributed by atoms with van der Waals surface area (Å²) in [6, 6.07) is 19.7. The number of hydrogen-bond acceptors (Lipinski definition) is 7. The van der Waals surface area contributed by atoms with Crippen LogP contribution in [0.25, 0.3) is 0 Å². The minimum absolute atomic E-state index is 0.0204. The molecule has 0 bridgehead atoms. The molecular weight excluding hydrogens is 770 g/mol. The summed E-state index contributed by atoms with van der Waals surface area (Å²) in [5.41, 5.74) is -4.58. The monoisotopic (exact) mass is 796 g/mol. The number of pyridine rings is 1. The van der Waals surface area contributed by atoms with Crippen molar-refractivity contribution in [2.45, 2.75) is 37.5 Å². The molecule has 56 heavy (non-hydrogen) atoms. The minimum Gasteiger partial charge on any atom is -0.487 e. The summed E-state index contributed by atoms with van der Waals surface area (Å²) in [6.45, 7) is -0.125. The van der Waals surface area contributed by atoms with Crippen LogP contribution >= 0.6 is 0 Å². The molecule has 1 heterocycles. The Kier molecular flexibility index (Phi) is 11.8. The first-order chi connectivity index (χ1) is 26.2. The molecule has 0 fully saturated rings. The minimum atomic E-state index is -5.24. The van der Waals surface area contributed by atoms with E-state index in [9.17, 15) is 53.5 Å². The third-order valence-electron chi connectivity index (χ3n) is 7.96. The smallest absolute Gasteiger partial charge is 0.487 e. The van der Waals surface area contributed by atoms with Gasteiger partial charge in [-0.25, -0.2) is 14.2 Å². The van der Waals surface area contributed by atoms with Gasteiger partial charge in [0, 0.05) is 12.0 Å². The van der Waals surface area contributed by atoms with Gasteiger partial charge in [-0.3, -0.25) is 4.79 Å². The normalized spacial score (nSPS) is 12.1. The lowest BCUT2D eigenvalue weighted by Crippen LogP contribution is -2.48. The molecule has 1 N–H and O–H groups in total. The highest BCUT2D eigenvalue weighted by atomic mass is 19.4. The fourth-order valence-corrected chi connectivity index (χ4v) is 5.57. The van der Waals surface area contributed by atoms with Crippen LogP contribution in [0, 0.1) is 5.82 Å². The second-order valence-corrected chi connectivity index (χ2v) is 11.8. The van der Waals surface area contributed by atoms with Crippen molar-refractivity contribution < 1.29 is 72.4 Å². The van der Waals surface area contributed by atoms with Crippen molar-refractivity contribution in [1.82, 2.24) is 10.3 Å². The summed E-state index contributed by atoms with van der Waals surface area (Å²) in [7, 11) is 1.18. The Bertz CT molecular complexity index is 2130. The lowest BCUT2D eigenvalue weighted by atomic mass is 9.77. The number of nitrogens with zero attached hydrogens (tertiary/aromatic N) is 1. The predicted molar refractivity (Wildman–Crippen MR) is 176 cm³/mol. The van der Waals surface area contributed by atoms with E-state index in [2.05, 4.69) is 24.5 Å². The van der Waals surface area contributed by atoms with Gasteiger partial charge < -0.3 is 24.3 Å². The number of esters is 1. The van der Waals surface area contributed by atoms with Crippen molar-refractivity contribution in [2.75, 3.05) is 7.11 Å². The lowest BCUT2D eigenvalue weighted by Gasteiger charge is -2.37. The lowest BCUT2D eigenvalue weighted by molar-refractivity contribution is -0.275. The van der Waals surface area contributed by atoms with Crippen molar-refractivity contribution in [1.29, 1.82) is 0 Å². The van der Waals surface area contributed by atoms with Crippen LogP contribution in [0.5, 0.6) is 17.2 Å². The molecule has 294 valence electrons. The number of benzene rings is 4. The number of hydrogen-bond donors (Lipinski definition) is 1. The van der Waals surface area contributed by atoms with E-state index in [1.165, 1.54) is 49.6 Å². The zero-order valence-corrected chi connectivity index (χ0v) is 28.5. The summed E-state index contributed by atoms with van der Waals surface area (Å²) in [5, 5.41) is 2.51. The number of carbonyl (C=O) groups is 2. The molecule has 0 atom stereocenters. The molecule has 1 amide bonds. The Hall–Kier alpha value is -6.33. The summed E-state index contributed by atoms with van der Waals surface area (Å²) < 4.78 is 154. The molecule has 0 aliphatic rings. The number of aromatic nitrogens is 1. The highest BCUT2D eigenvalue weighted by Gasteiger charge is 2.41. The maximum absolute atomic E-state index is 14.2. The van der Waals surface area contributed by atoms with Gasteiger partial charge in [0.25, 0.3) is 5.91 Å². The van der Waals surface area contributed by atoms with E-state index in [4.69, 9.17) is 4.74 Å². The van der Waals surface area contributed by atoms with Gasteiger partial charge in [-0.05, 0) is 83.4 Å². The summed E-state index contributed by atoms with van der Waals surface area (Å²) in [6.07, 6.45) is -16.1. The molecule has 0 saturated heterocycles. The Morgan fingerprint density at radius 2 is 1.25 bits per heavy atom. The van der Waals surface area contributed by atoms with E-state index >= 15 is 0 Å². The van der Waals surface area contributed by atoms with Crippen molar-refractivity contribution in [3.8, 4) is 17.2 Å². The van der Waals surface area contributed by atoms with E-state index in [1.807, 2.05) is 0 Å². The van der Waals surface area contributed by atoms with Gasteiger partial charge in [0.15, 0.2) is 0 Å². The first-order valence-electron chi connectivity index (χ1n) is 15.9. The van der Waals surface area contributed by atoms with Crippen LogP contribution in [0.1, 0.15) is 48.8 Å². The zero-order chi connectivity index (χ0) is 40.9. The molecule has 8 nitrogen and oxygen atoms in total. The first kappa shape index (κ1) is 40.8. The molecule has 0 unspecified atom stereocenters. The van der Waals surface area contributed by atoms with E-state index in [0.717, 1.165) is 42.5 Å². The summed E-state index contributed by atoms with van der Waals surface area (Å²) in [4.78, 5) is 29.9. The Morgan fingerprint density at radius 1 is 0.679 bits per heavy atom. The van der Waals surface area contributed by atoms with Gasteiger partial charge in [-0.1, -0.05) is 42.5 Å². The summed E-state index contributed by atoms with van der Waals surface area (Å²) in [5.74, 6) is -5.10. The molecule has 0 aliphatic heterocycles. The molecule has 0 aliphatic carbocycles. The largest absolute Gasteiger partial charge is 0.573 e. The number of alkyl halides is 9. The van der Waals surface area contributed by atoms with Gasteiger partial charge in [-0.2, -0.15) is 13.2 Å². The predicted octanol–water partition coefficient (Wildman–Crippen LogP) is 9.32. The average molecular weight is 797 g/mol. The third kappa shape index (κ3) is 10.5. The molecule has 0 saturated carbocycles. The number of carbonyl (C=O) groups excluding carboxylic acids is 2. The van der Waals surface area contributed by atoms with E-state index in [0.29, 0.717) is 11.8 Å². The molecule has 18 heteroatoms. The zero-order valence-electron chi connectivity index (χ0n) is 28.5. The van der Waals surface area contributed by atoms with Crippen molar-refractivity contribution in [3.05, 3.63) is 154 Å². The van der Waals surface area contributed by atoms with Gasteiger partial charge in [-0.15, -0.1) is 26.3 Å². The van der Waals surface area contributed by atoms with Crippen LogP contribution in [-0.2, 0) is 29.5 Å². The second kappa shape index (κ2) is 16.2. The van der Waals surface area contributed by atoms with Gasteiger partial charge >= 0.3 is 24.9 Å². The summed E-state index contributed by atoms with van der Waals surface area (Å²) >= 11 is 0. The quantitative estimate of drug-likeness (QED) is 0.0994. The number of nitrogens with one attached hydrogen (secondary N) is 1. The molecule has 1 aromatic heterocycles. The first-order valence-corrected chi connectivity index (χ1v) is 15.9. The average Bonchev–Trinajstić information content (AvgIpc) is 3.12. The van der Waals surface area contributed by atoms with Crippen molar-refractivity contribution in [2.24, 2.45) is 0 Å². The molecular formula is C38H26F10N2O6. The highest BCUT2D eigenvalue weighted by molar-refractivity contribution is 5.95. The van der Waals surface area contributed by atoms with Crippen LogP contribution in [-0.4, -0.2) is 36.7 Å². The Morgan fingerprint density at radius 3 is 1.79 bits per heavy atom. The van der Waals surface area contributed by atoms with Gasteiger partial charge in [0.05, 0.1) is 23.9 Å². The molecule has 5 rings (SSSR count). The Balaban J connectivity index is 1.62. The van der Waals surface area contributed by atoms with E-state index in [1.54, 1.807) is 12.1 Å². The van der Waals surface area contributed by atoms with Crippen LogP contribution in [0.2, 0.25) is 0 Å². The number of amides is 1. The van der Waals surface area contributed by atoms with Crippen molar-refractivity contribution in [3.63, 3.8) is 0 Å². The fraction of sp³-hybridized carbons (Fsp3) is 0.184. The maximum Gasteiger partial charge on any atom is 0.573 e. The molecule has 5 aromatic rings. The van der Waals surface area contributed by atoms with Crippen LogP contribution in [0.15, 0.2) is 109 Å². The van der Waals surface area contributed by atoms with E-state index < -0.39 is 71.2 Å². The standard InChI is InChI=1S/C38H26F10N2O6/c1-53-34(52)32-10-4-7-26(49-32)21-54-27-14-11-22(12-15-27)20-35(24-5-2-8-28(18-24)55-37(43,44)45,25-6-3-9-29(19-25)56-38(46,47)48)50-33(51)23-13-16-31(39)30(17-23)36(40,41)42/h2-19H,20-21H2,1H3,(H,50,51). The fourth-order valence-electron chi connectivity index (χ4n) is 5.57. The maximum atomic E-state index is 14.2. The number of methoxy groups -OCH3 is 1. The number of halogens is 10. The second-order valence-electron chi connectivity index (χ2n) is 11.8. The number of ether oxygens (including phenoxy) is 4. The van der Waals surface area contributed by atoms with Gasteiger partial charge in [0.2, 0.25) is 0 Å². The topological polar surface area (TPSA) is 96.0 Å². The van der Waals surface area contributed by atoms with E-state index in [-0.39, 0.29) is 40.8 Å². The third-order valence-corrected chi connectivity index (χ3v) is 7.96. The number of rotatable bonds is 12. The highest BCUT2D eigenvalue weighted by Crippen LogP contribution is 2.39. The van der Waals surface area contributed by atoms with Gasteiger partial charge in [0.1, 0.15) is 35.4 Å². The Labute approximate surface area is 310 Å².